The summed E-state index contributed by atoms with van der Waals surface area (Å²) in [5.41, 5.74) is -0.305. The van der Waals surface area contributed by atoms with Crippen LogP contribution in [0.1, 0.15) is 19.3 Å². The first kappa shape index (κ1) is 21.3. The van der Waals surface area contributed by atoms with Crippen molar-refractivity contribution in [2.24, 2.45) is 0 Å². The molecule has 0 spiro atoms. The molecule has 1 heterocycles. The minimum Gasteiger partial charge on any atom is -0.352 e. The summed E-state index contributed by atoms with van der Waals surface area (Å²) >= 11 is 0. The number of hydrogen-bond acceptors (Lipinski definition) is 6. The van der Waals surface area contributed by atoms with E-state index in [0.29, 0.717) is 6.54 Å². The number of benzene rings is 1. The summed E-state index contributed by atoms with van der Waals surface area (Å²) in [5, 5.41) is 16.7. The number of non-ortho nitro benzene ring substituents is 1. The number of carbonyl (C=O) groups is 1. The van der Waals surface area contributed by atoms with Crippen LogP contribution in [0.4, 0.5) is 5.69 Å². The highest BCUT2D eigenvalue weighted by Crippen LogP contribution is 2.17. The molecular formula is C14H21ClN4O5S. The Balaban J connectivity index is 0.00000312. The van der Waals surface area contributed by atoms with Crippen LogP contribution in [-0.2, 0) is 14.8 Å². The minimum atomic E-state index is -3.89. The van der Waals surface area contributed by atoms with Crippen LogP contribution in [0.25, 0.3) is 0 Å². The molecule has 0 aromatic heterocycles. The molecule has 0 aliphatic carbocycles. The van der Waals surface area contributed by atoms with E-state index in [1.54, 1.807) is 0 Å². The predicted octanol–water partition coefficient (Wildman–Crippen LogP) is 0.553. The number of amides is 1. The summed E-state index contributed by atoms with van der Waals surface area (Å²) < 4.78 is 26.5. The zero-order chi connectivity index (χ0) is 17.6. The molecule has 1 aromatic carbocycles. The lowest BCUT2D eigenvalue weighted by atomic mass is 10.1. The summed E-state index contributed by atoms with van der Waals surface area (Å²) in [7, 11) is -3.89. The van der Waals surface area contributed by atoms with Gasteiger partial charge in [-0.25, -0.2) is 13.1 Å². The summed E-state index contributed by atoms with van der Waals surface area (Å²) in [4.78, 5) is 21.7. The van der Waals surface area contributed by atoms with Crippen molar-refractivity contribution in [3.8, 4) is 0 Å². The maximum absolute atomic E-state index is 12.1. The second kappa shape index (κ2) is 9.66. The Hall–Kier alpha value is -1.75. The van der Waals surface area contributed by atoms with E-state index in [-0.39, 0.29) is 47.9 Å². The second-order valence-corrected chi connectivity index (χ2v) is 7.28. The van der Waals surface area contributed by atoms with E-state index in [9.17, 15) is 23.3 Å². The minimum absolute atomic E-state index is 0. The molecule has 1 aliphatic rings. The van der Waals surface area contributed by atoms with Crippen molar-refractivity contribution in [2.75, 3.05) is 19.6 Å². The van der Waals surface area contributed by atoms with Crippen LogP contribution < -0.4 is 15.4 Å². The van der Waals surface area contributed by atoms with Gasteiger partial charge in [0.05, 0.1) is 9.82 Å². The van der Waals surface area contributed by atoms with E-state index in [2.05, 4.69) is 15.4 Å². The molecule has 0 saturated carbocycles. The van der Waals surface area contributed by atoms with Crippen LogP contribution in [0.2, 0.25) is 0 Å². The average Bonchev–Trinajstić information content (AvgIpc) is 2.55. The molecule has 0 radical (unpaired) electrons. The maximum atomic E-state index is 12.1. The lowest BCUT2D eigenvalue weighted by molar-refractivity contribution is -0.385. The smallest absolute Gasteiger partial charge is 0.270 e. The van der Waals surface area contributed by atoms with Gasteiger partial charge in [-0.3, -0.25) is 14.9 Å². The van der Waals surface area contributed by atoms with Gasteiger partial charge in [0.2, 0.25) is 15.9 Å². The van der Waals surface area contributed by atoms with Gasteiger partial charge in [0.25, 0.3) is 5.69 Å². The van der Waals surface area contributed by atoms with Gasteiger partial charge < -0.3 is 10.6 Å². The average molecular weight is 393 g/mol. The maximum Gasteiger partial charge on any atom is 0.270 e. The van der Waals surface area contributed by atoms with Gasteiger partial charge >= 0.3 is 0 Å². The first-order valence-electron chi connectivity index (χ1n) is 7.63. The highest BCUT2D eigenvalue weighted by molar-refractivity contribution is 7.89. The number of hydrogen-bond donors (Lipinski definition) is 3. The Bertz CT molecular complexity index is 707. The molecule has 11 heteroatoms. The molecule has 1 amide bonds. The number of sulfonamides is 1. The molecule has 1 aliphatic heterocycles. The quantitative estimate of drug-likeness (QED) is 0.459. The van der Waals surface area contributed by atoms with Gasteiger partial charge in [0, 0.05) is 37.7 Å². The number of nitro benzene ring substituents is 1. The number of carbonyl (C=O) groups excluding carboxylic acids is 1. The van der Waals surface area contributed by atoms with Gasteiger partial charge in [-0.2, -0.15) is 0 Å². The zero-order valence-electron chi connectivity index (χ0n) is 13.4. The van der Waals surface area contributed by atoms with E-state index in [1.165, 1.54) is 18.2 Å². The highest BCUT2D eigenvalue weighted by atomic mass is 35.5. The largest absolute Gasteiger partial charge is 0.352 e. The van der Waals surface area contributed by atoms with E-state index in [4.69, 9.17) is 0 Å². The molecule has 2 rings (SSSR count). The van der Waals surface area contributed by atoms with Crippen molar-refractivity contribution in [2.45, 2.75) is 30.2 Å². The monoisotopic (exact) mass is 392 g/mol. The van der Waals surface area contributed by atoms with Crippen LogP contribution in [0.3, 0.4) is 0 Å². The Morgan fingerprint density at radius 3 is 2.80 bits per heavy atom. The normalized spacial score (nSPS) is 17.4. The van der Waals surface area contributed by atoms with Crippen molar-refractivity contribution < 1.29 is 18.1 Å². The third-order valence-electron chi connectivity index (χ3n) is 3.64. The van der Waals surface area contributed by atoms with Crippen LogP contribution in [-0.4, -0.2) is 44.9 Å². The van der Waals surface area contributed by atoms with Crippen LogP contribution in [0.5, 0.6) is 0 Å². The van der Waals surface area contributed by atoms with Crippen LogP contribution in [0.15, 0.2) is 29.2 Å². The van der Waals surface area contributed by atoms with Crippen LogP contribution in [0, 0.1) is 10.1 Å². The summed E-state index contributed by atoms with van der Waals surface area (Å²) in [6, 6.07) is 4.83. The third-order valence-corrected chi connectivity index (χ3v) is 5.10. The Kier molecular flexibility index (Phi) is 8.23. The van der Waals surface area contributed by atoms with Gasteiger partial charge in [0.15, 0.2) is 0 Å². The van der Waals surface area contributed by atoms with Crippen molar-refractivity contribution in [3.63, 3.8) is 0 Å². The molecule has 140 valence electrons. The van der Waals surface area contributed by atoms with Gasteiger partial charge in [-0.05, 0) is 25.5 Å². The van der Waals surface area contributed by atoms with E-state index in [1.807, 2.05) is 0 Å². The fourth-order valence-electron chi connectivity index (χ4n) is 2.42. The number of piperidine rings is 1. The molecular weight excluding hydrogens is 372 g/mol. The Morgan fingerprint density at radius 2 is 2.16 bits per heavy atom. The summed E-state index contributed by atoms with van der Waals surface area (Å²) in [6.45, 7) is 1.58. The van der Waals surface area contributed by atoms with Gasteiger partial charge in [-0.1, -0.05) is 6.07 Å². The zero-order valence-corrected chi connectivity index (χ0v) is 15.1. The predicted molar refractivity (Wildman–Crippen MR) is 94.2 cm³/mol. The number of nitrogens with zero attached hydrogens (tertiary/aromatic N) is 1. The number of nitrogens with one attached hydrogen (secondary N) is 3. The molecule has 1 atom stereocenters. The third kappa shape index (κ3) is 6.58. The first-order valence-corrected chi connectivity index (χ1v) is 9.11. The van der Waals surface area contributed by atoms with Crippen molar-refractivity contribution in [3.05, 3.63) is 34.4 Å². The molecule has 9 nitrogen and oxygen atoms in total. The standard InChI is InChI=1S/C14H20N4O5S.ClH/c19-14(17-11-3-2-7-15-10-11)6-8-16-24(22,23)13-5-1-4-12(9-13)18(20)21;/h1,4-5,9,11,15-16H,2-3,6-8,10H2,(H,17,19);1H/t11-;/m0./s1. The van der Waals surface area contributed by atoms with E-state index in [0.717, 1.165) is 25.5 Å². The number of halogens is 1. The molecule has 25 heavy (non-hydrogen) atoms. The lowest BCUT2D eigenvalue weighted by Crippen LogP contribution is -2.46. The van der Waals surface area contributed by atoms with Gasteiger partial charge in [-0.15, -0.1) is 12.4 Å². The second-order valence-electron chi connectivity index (χ2n) is 5.51. The van der Waals surface area contributed by atoms with Crippen LogP contribution >= 0.6 is 12.4 Å². The van der Waals surface area contributed by atoms with Gasteiger partial charge in [0.1, 0.15) is 0 Å². The first-order chi connectivity index (χ1) is 11.4. The van der Waals surface area contributed by atoms with Crippen molar-refractivity contribution in [1.82, 2.24) is 15.4 Å². The van der Waals surface area contributed by atoms with Crippen molar-refractivity contribution >= 4 is 34.0 Å². The SMILES string of the molecule is Cl.O=C(CCNS(=O)(=O)c1cccc([N+](=O)[O-])c1)N[C@H]1CCCNC1. The number of rotatable bonds is 7. The molecule has 1 saturated heterocycles. The molecule has 1 aromatic rings. The van der Waals surface area contributed by atoms with E-state index >= 15 is 0 Å². The fraction of sp³-hybridized carbons (Fsp3) is 0.500. The fourth-order valence-corrected chi connectivity index (χ4v) is 3.49. The number of nitro groups is 1. The molecule has 3 N–H and O–H groups in total. The highest BCUT2D eigenvalue weighted by Gasteiger charge is 2.19. The van der Waals surface area contributed by atoms with Crippen molar-refractivity contribution in [1.29, 1.82) is 0 Å². The summed E-state index contributed by atoms with van der Waals surface area (Å²) in [5.74, 6) is -0.231. The molecule has 0 unspecified atom stereocenters. The Labute approximate surface area is 152 Å². The molecule has 0 bridgehead atoms. The van der Waals surface area contributed by atoms with E-state index < -0.39 is 14.9 Å². The summed E-state index contributed by atoms with van der Waals surface area (Å²) in [6.07, 6.45) is 1.90. The molecule has 1 fully saturated rings. The Morgan fingerprint density at radius 1 is 1.40 bits per heavy atom. The lowest BCUT2D eigenvalue weighted by Gasteiger charge is -2.23. The topological polar surface area (TPSA) is 130 Å².